The van der Waals surface area contributed by atoms with Crippen LogP contribution in [-0.4, -0.2) is 55.6 Å². The Kier molecular flexibility index (Phi) is 10.9. The fraction of sp³-hybridized carbons (Fsp3) is 0.286. The molecule has 3 aromatic rings. The van der Waals surface area contributed by atoms with Gasteiger partial charge in [-0.15, -0.1) is 17.9 Å². The third-order valence-corrected chi connectivity index (χ3v) is 7.28. The van der Waals surface area contributed by atoms with Gasteiger partial charge in [0.05, 0.1) is 31.5 Å². The predicted molar refractivity (Wildman–Crippen MR) is 155 cm³/mol. The summed E-state index contributed by atoms with van der Waals surface area (Å²) < 4.78 is 10.7. The number of urea groups is 1. The second-order valence-corrected chi connectivity index (χ2v) is 10.7. The van der Waals surface area contributed by atoms with Crippen molar-refractivity contribution in [2.75, 3.05) is 39.2 Å². The van der Waals surface area contributed by atoms with Gasteiger partial charge in [-0.05, 0) is 61.4 Å². The molecule has 0 aliphatic carbocycles. The minimum atomic E-state index is -0.464. The van der Waals surface area contributed by atoms with Crippen molar-refractivity contribution in [1.82, 2.24) is 9.80 Å². The number of carbonyl (C=O) groups is 2. The van der Waals surface area contributed by atoms with Gasteiger partial charge in [-0.3, -0.25) is 4.79 Å². The minimum Gasteiger partial charge on any atom is -0.493 e. The van der Waals surface area contributed by atoms with E-state index in [0.717, 1.165) is 10.4 Å². The van der Waals surface area contributed by atoms with E-state index in [4.69, 9.17) is 32.7 Å². The van der Waals surface area contributed by atoms with Gasteiger partial charge in [-0.2, -0.15) is 0 Å². The smallest absolute Gasteiger partial charge is 0.322 e. The molecule has 202 valence electrons. The van der Waals surface area contributed by atoms with E-state index in [1.807, 2.05) is 37.3 Å². The summed E-state index contributed by atoms with van der Waals surface area (Å²) in [7, 11) is 3.18. The van der Waals surface area contributed by atoms with Gasteiger partial charge in [0.25, 0.3) is 0 Å². The van der Waals surface area contributed by atoms with Crippen LogP contribution in [0.25, 0.3) is 0 Å². The van der Waals surface area contributed by atoms with Gasteiger partial charge >= 0.3 is 6.03 Å². The molecule has 3 rings (SSSR count). The lowest BCUT2D eigenvalue weighted by Gasteiger charge is -2.27. The summed E-state index contributed by atoms with van der Waals surface area (Å²) in [5.41, 5.74) is 1.41. The average Bonchev–Trinajstić information content (AvgIpc) is 3.31. The lowest BCUT2D eigenvalue weighted by atomic mass is 10.1. The predicted octanol–water partition coefficient (Wildman–Crippen LogP) is 6.67. The maximum atomic E-state index is 13.5. The first-order valence-electron chi connectivity index (χ1n) is 11.9. The van der Waals surface area contributed by atoms with Crippen LogP contribution in [0.2, 0.25) is 10.0 Å². The molecule has 0 saturated carbocycles. The van der Waals surface area contributed by atoms with Crippen molar-refractivity contribution in [2.24, 2.45) is 0 Å². The average molecular weight is 577 g/mol. The molecular weight excluding hydrogens is 545 g/mol. The summed E-state index contributed by atoms with van der Waals surface area (Å²) in [5.74, 6) is 1.09. The zero-order valence-corrected chi connectivity index (χ0v) is 24.0. The molecule has 7 nitrogen and oxygen atoms in total. The van der Waals surface area contributed by atoms with E-state index in [0.29, 0.717) is 46.7 Å². The highest BCUT2D eigenvalue weighted by atomic mass is 35.5. The number of amides is 3. The fourth-order valence-electron chi connectivity index (χ4n) is 3.77. The standard InChI is InChI=1S/C28H31Cl2N3O4S/c1-5-13-33(28(35)31-24-10-8-21(29)16-23(24)30)18-27(34)32(17-22-9-6-19(2)38-22)14-12-20-7-11-25(36-3)26(15-20)37-4/h5-11,15-16H,1,12-14,17-18H2,2-4H3,(H,31,35). The summed E-state index contributed by atoms with van der Waals surface area (Å²) >= 11 is 13.8. The summed E-state index contributed by atoms with van der Waals surface area (Å²) in [6.45, 7) is 6.72. The molecule has 10 heteroatoms. The minimum absolute atomic E-state index is 0.126. The Balaban J connectivity index is 1.76. The van der Waals surface area contributed by atoms with Crippen LogP contribution in [0.4, 0.5) is 10.5 Å². The number of anilines is 1. The van der Waals surface area contributed by atoms with Crippen LogP contribution in [-0.2, 0) is 17.8 Å². The Bertz CT molecular complexity index is 1280. The zero-order chi connectivity index (χ0) is 27.7. The van der Waals surface area contributed by atoms with Gasteiger partial charge in [-0.25, -0.2) is 4.79 Å². The zero-order valence-electron chi connectivity index (χ0n) is 21.6. The summed E-state index contributed by atoms with van der Waals surface area (Å²) in [5, 5.41) is 3.52. The lowest BCUT2D eigenvalue weighted by Crippen LogP contribution is -2.44. The van der Waals surface area contributed by atoms with Crippen LogP contribution < -0.4 is 14.8 Å². The third-order valence-electron chi connectivity index (χ3n) is 5.75. The van der Waals surface area contributed by atoms with Gasteiger partial charge in [0.15, 0.2) is 11.5 Å². The number of nitrogens with zero attached hydrogens (tertiary/aromatic N) is 2. The van der Waals surface area contributed by atoms with Gasteiger partial charge in [0.2, 0.25) is 5.91 Å². The Hall–Kier alpha value is -3.20. The number of carbonyl (C=O) groups excluding carboxylic acids is 2. The van der Waals surface area contributed by atoms with Crippen molar-refractivity contribution in [1.29, 1.82) is 0 Å². The van der Waals surface area contributed by atoms with E-state index in [2.05, 4.69) is 11.9 Å². The molecule has 0 aliphatic heterocycles. The van der Waals surface area contributed by atoms with Crippen LogP contribution in [0.3, 0.4) is 0 Å². The molecule has 1 N–H and O–H groups in total. The molecular formula is C28H31Cl2N3O4S. The Morgan fingerprint density at radius 2 is 1.79 bits per heavy atom. The molecule has 0 atom stereocenters. The SMILES string of the molecule is C=CCN(CC(=O)N(CCc1ccc(OC)c(OC)c1)Cc1ccc(C)s1)C(=O)Nc1ccc(Cl)cc1Cl. The summed E-state index contributed by atoms with van der Waals surface area (Å²) in [4.78, 5) is 32.0. The first-order chi connectivity index (χ1) is 18.2. The number of nitrogens with one attached hydrogen (secondary N) is 1. The molecule has 0 unspecified atom stereocenters. The molecule has 38 heavy (non-hydrogen) atoms. The molecule has 0 spiro atoms. The van der Waals surface area contributed by atoms with Crippen molar-refractivity contribution in [2.45, 2.75) is 19.9 Å². The van der Waals surface area contributed by atoms with Crippen molar-refractivity contribution < 1.29 is 19.1 Å². The molecule has 1 aromatic heterocycles. The third kappa shape index (κ3) is 8.15. The van der Waals surface area contributed by atoms with E-state index < -0.39 is 6.03 Å². The molecule has 2 aromatic carbocycles. The maximum absolute atomic E-state index is 13.5. The van der Waals surface area contributed by atoms with Crippen LogP contribution in [0.1, 0.15) is 15.3 Å². The summed E-state index contributed by atoms with van der Waals surface area (Å²) in [6.07, 6.45) is 2.18. The molecule has 0 aliphatic rings. The van der Waals surface area contributed by atoms with Crippen LogP contribution in [0, 0.1) is 6.92 Å². The number of halogens is 2. The number of benzene rings is 2. The first-order valence-corrected chi connectivity index (χ1v) is 13.5. The topological polar surface area (TPSA) is 71.1 Å². The van der Waals surface area contributed by atoms with Crippen molar-refractivity contribution in [3.8, 4) is 11.5 Å². The van der Waals surface area contributed by atoms with E-state index >= 15 is 0 Å². The normalized spacial score (nSPS) is 10.6. The highest BCUT2D eigenvalue weighted by molar-refractivity contribution is 7.11. The van der Waals surface area contributed by atoms with Gasteiger partial charge in [0, 0.05) is 27.9 Å². The second kappa shape index (κ2) is 14.1. The monoisotopic (exact) mass is 575 g/mol. The molecule has 0 radical (unpaired) electrons. The second-order valence-electron chi connectivity index (χ2n) is 8.49. The van der Waals surface area contributed by atoms with Crippen LogP contribution in [0.5, 0.6) is 11.5 Å². The van der Waals surface area contributed by atoms with Crippen LogP contribution >= 0.6 is 34.5 Å². The Morgan fingerprint density at radius 3 is 2.42 bits per heavy atom. The maximum Gasteiger partial charge on any atom is 0.322 e. The number of rotatable bonds is 12. The van der Waals surface area contributed by atoms with E-state index in [1.54, 1.807) is 54.7 Å². The number of thiophene rings is 1. The van der Waals surface area contributed by atoms with Gasteiger partial charge < -0.3 is 24.6 Å². The van der Waals surface area contributed by atoms with E-state index in [-0.39, 0.29) is 19.0 Å². The molecule has 0 fully saturated rings. The Labute approximate surface area is 237 Å². The molecule has 3 amide bonds. The van der Waals surface area contributed by atoms with E-state index in [9.17, 15) is 9.59 Å². The largest absolute Gasteiger partial charge is 0.493 e. The number of ether oxygens (including phenoxy) is 2. The highest BCUT2D eigenvalue weighted by Gasteiger charge is 2.22. The first kappa shape index (κ1) is 29.4. The quantitative estimate of drug-likeness (QED) is 0.245. The van der Waals surface area contributed by atoms with Crippen molar-refractivity contribution in [3.05, 3.63) is 86.5 Å². The van der Waals surface area contributed by atoms with Gasteiger partial charge in [-0.1, -0.05) is 35.3 Å². The van der Waals surface area contributed by atoms with Crippen molar-refractivity contribution in [3.63, 3.8) is 0 Å². The van der Waals surface area contributed by atoms with Crippen LogP contribution in [0.15, 0.2) is 61.2 Å². The number of hydrogen-bond acceptors (Lipinski definition) is 5. The van der Waals surface area contributed by atoms with Crippen molar-refractivity contribution >= 4 is 52.2 Å². The number of aryl methyl sites for hydroxylation is 1. The fourth-order valence-corrected chi connectivity index (χ4v) is 5.14. The van der Waals surface area contributed by atoms with Gasteiger partial charge in [0.1, 0.15) is 6.54 Å². The molecule has 0 saturated heterocycles. The lowest BCUT2D eigenvalue weighted by molar-refractivity contribution is -0.132. The van der Waals surface area contributed by atoms with E-state index in [1.165, 1.54) is 9.78 Å². The summed E-state index contributed by atoms with van der Waals surface area (Å²) in [6, 6.07) is 14.1. The molecule has 0 bridgehead atoms. The Morgan fingerprint density at radius 1 is 1.03 bits per heavy atom. The number of methoxy groups -OCH3 is 2. The molecule has 1 heterocycles. The highest BCUT2D eigenvalue weighted by Crippen LogP contribution is 2.28. The number of hydrogen-bond donors (Lipinski definition) is 1.